The minimum atomic E-state index is -0.369. The van der Waals surface area contributed by atoms with Gasteiger partial charge in [0.1, 0.15) is 10.0 Å². The zero-order valence-electron chi connectivity index (χ0n) is 65.0. The standard InChI is InChI=1S/C31H33N5O2S.C17H12N2OS.C15H25N3O2.C14H18BNO3.C9H6BrNS/c1-5-36(6-2)15-14-32-30(38)28-19(3)26(34-20(28)4)17-24-23-16-22(12-13-25(23)35-29(24)37)31-33-18-27(39-31)21-10-8-7-9-11-21;20-16-9-13-8-12(6-7-14(13)19-16)17-18-10-15(21-17)11-4-2-1-3-5-11;1-6-18(5,7-2)9-8-16-15(20)14-11(3)13(10-19)17-12(14)4;1-13(2)14(3,4)19-15(18-13)10-5-6-11-9(7-10)8-12(17)16-11;10-9-11-6-8(12-9)7-4-2-1-3-5-7/h7-13,16-18,34H,5-6,14-15H2,1-4H3,(H,32,38)(H,35,37);1-8,10H,9H2,(H,19,20);10H,6-9H2,1-5H3,(H-,16,17,19,20);5-7H,8H2,1-4H3,(H,16,17);1-6H/p+1/b24-17-;;;;. The molecule has 574 valence electrons. The van der Waals surface area contributed by atoms with Gasteiger partial charge in [-0.1, -0.05) is 117 Å². The summed E-state index contributed by atoms with van der Waals surface area (Å²) in [6, 6.07) is 48.5. The van der Waals surface area contributed by atoms with Crippen LogP contribution in [0.1, 0.15) is 131 Å². The van der Waals surface area contributed by atoms with Crippen molar-refractivity contribution in [2.75, 3.05) is 75.4 Å². The molecule has 4 aliphatic rings. The third kappa shape index (κ3) is 19.8. The number of aromatic nitrogens is 5. The van der Waals surface area contributed by atoms with E-state index in [1.165, 1.54) is 16.0 Å². The van der Waals surface area contributed by atoms with Gasteiger partial charge < -0.3 is 55.2 Å². The molecule has 0 aliphatic carbocycles. The van der Waals surface area contributed by atoms with Gasteiger partial charge in [0.2, 0.25) is 11.8 Å². The summed E-state index contributed by atoms with van der Waals surface area (Å²) < 4.78 is 13.9. The Morgan fingerprint density at radius 3 is 1.52 bits per heavy atom. The molecular weight excluding hydrogens is 1520 g/mol. The van der Waals surface area contributed by atoms with E-state index in [1.54, 1.807) is 40.9 Å². The Hall–Kier alpha value is -10.1. The van der Waals surface area contributed by atoms with E-state index in [9.17, 15) is 28.8 Å². The number of thiazole rings is 3. The number of benzene rings is 6. The molecule has 0 atom stereocenters. The molecular formula is C86H95BBrN12O8S3+. The molecule has 20 nitrogen and oxygen atoms in total. The molecule has 0 saturated carbocycles. The lowest BCUT2D eigenvalue weighted by Crippen LogP contribution is -2.48. The highest BCUT2D eigenvalue weighted by Crippen LogP contribution is 2.41. The lowest BCUT2D eigenvalue weighted by molar-refractivity contribution is -0.904. The number of quaternary nitrogens is 1. The van der Waals surface area contributed by atoms with Gasteiger partial charge in [0.25, 0.3) is 17.7 Å². The minimum absolute atomic E-state index is 0.0427. The maximum Gasteiger partial charge on any atom is 0.494 e. The molecule has 6 aromatic carbocycles. The predicted octanol–water partition coefficient (Wildman–Crippen LogP) is 16.7. The molecule has 7 N–H and O–H groups in total. The van der Waals surface area contributed by atoms with Crippen LogP contribution in [-0.2, 0) is 36.5 Å². The van der Waals surface area contributed by atoms with Gasteiger partial charge >= 0.3 is 7.12 Å². The van der Waals surface area contributed by atoms with E-state index in [1.807, 2.05) is 176 Å². The van der Waals surface area contributed by atoms with Crippen LogP contribution in [0.2, 0.25) is 0 Å². The van der Waals surface area contributed by atoms with Gasteiger partial charge in [-0.25, -0.2) is 15.0 Å². The van der Waals surface area contributed by atoms with E-state index in [0.717, 1.165) is 158 Å². The maximum absolute atomic E-state index is 13.0. The number of carbonyl (C=O) groups is 6. The van der Waals surface area contributed by atoms with Crippen LogP contribution in [0, 0.1) is 27.7 Å². The van der Waals surface area contributed by atoms with Crippen molar-refractivity contribution in [2.45, 2.75) is 107 Å². The molecule has 15 rings (SSSR count). The average molecular weight is 1610 g/mol. The zero-order chi connectivity index (χ0) is 79.3. The topological polar surface area (TPSA) is 255 Å². The van der Waals surface area contributed by atoms with Crippen molar-refractivity contribution < 1.29 is 42.6 Å². The summed E-state index contributed by atoms with van der Waals surface area (Å²) in [7, 11) is 1.81. The normalized spacial score (nSPS) is 14.4. The average Bonchev–Trinajstić information content (AvgIpc) is 1.62. The minimum Gasteiger partial charge on any atom is -0.399 e. The van der Waals surface area contributed by atoms with Gasteiger partial charge in [-0.05, 0) is 191 Å². The molecule has 111 heavy (non-hydrogen) atoms. The Kier molecular flexibility index (Phi) is 26.8. The van der Waals surface area contributed by atoms with Gasteiger partial charge in [-0.2, -0.15) is 0 Å². The fourth-order valence-electron chi connectivity index (χ4n) is 13.1. The Labute approximate surface area is 670 Å². The van der Waals surface area contributed by atoms with E-state index in [4.69, 9.17) is 9.31 Å². The number of aromatic amines is 2. The first-order chi connectivity index (χ1) is 53.2. The smallest absolute Gasteiger partial charge is 0.399 e. The number of nitrogens with zero attached hydrogens (tertiary/aromatic N) is 5. The van der Waals surface area contributed by atoms with Crippen LogP contribution >= 0.6 is 49.9 Å². The number of hydrogen-bond donors (Lipinski definition) is 7. The molecule has 11 aromatic rings. The molecule has 9 heterocycles. The second-order valence-corrected chi connectivity index (χ2v) is 33.1. The second kappa shape index (κ2) is 36.4. The molecule has 25 heteroatoms. The number of H-pyrrole nitrogens is 2. The molecule has 1 saturated heterocycles. The largest absolute Gasteiger partial charge is 0.494 e. The van der Waals surface area contributed by atoms with Crippen LogP contribution in [0.5, 0.6) is 0 Å². The lowest BCUT2D eigenvalue weighted by Gasteiger charge is -2.32. The van der Waals surface area contributed by atoms with Crippen molar-refractivity contribution in [1.29, 1.82) is 0 Å². The molecule has 4 aliphatic heterocycles. The van der Waals surface area contributed by atoms with Crippen LogP contribution < -0.4 is 32.0 Å². The first-order valence-electron chi connectivity index (χ1n) is 37.3. The molecule has 0 bridgehead atoms. The fourth-order valence-corrected chi connectivity index (χ4v) is 16.2. The number of fused-ring (bicyclic) bond motifs is 3. The summed E-state index contributed by atoms with van der Waals surface area (Å²) in [5.74, 6) is -0.270. The number of aryl methyl sites for hydroxylation is 2. The second-order valence-electron chi connectivity index (χ2n) is 28.7. The number of carbonyl (C=O) groups excluding carboxylic acids is 6. The highest BCUT2D eigenvalue weighted by atomic mass is 79.9. The number of hydrogen-bond acceptors (Lipinski definition) is 15. The van der Waals surface area contributed by atoms with Crippen LogP contribution in [0.4, 0.5) is 17.1 Å². The first kappa shape index (κ1) is 81.9. The van der Waals surface area contributed by atoms with Gasteiger partial charge in [0.15, 0.2) is 10.2 Å². The predicted molar refractivity (Wildman–Crippen MR) is 455 cm³/mol. The Balaban J connectivity index is 0.000000146. The van der Waals surface area contributed by atoms with E-state index >= 15 is 0 Å². The quantitative estimate of drug-likeness (QED) is 0.0163. The Morgan fingerprint density at radius 2 is 1.04 bits per heavy atom. The molecule has 0 radical (unpaired) electrons. The van der Waals surface area contributed by atoms with E-state index < -0.39 is 0 Å². The molecule has 0 spiro atoms. The first-order valence-corrected chi connectivity index (χ1v) is 40.5. The van der Waals surface area contributed by atoms with Crippen LogP contribution in [0.15, 0.2) is 168 Å². The molecule has 1 fully saturated rings. The SMILES string of the molecule is Brc1ncc(-c2ccccc2)s1.CC1(C)OB(c2ccc3c(c2)CC(=O)N3)OC1(C)C.CCN(CC)CCNC(=O)c1c(C)[nH]c(/C=C2\C(=O)Nc3ccc(-c4ncc(-c5ccccc5)s4)cc32)c1C.CC[N+](C)(CC)CCNC(=O)c1c(C)[nH]c(C=O)c1C.O=C1Cc2cc(-c3ncc(-c4ccccc4)s3)ccc2N1. The highest BCUT2D eigenvalue weighted by Gasteiger charge is 2.52. The van der Waals surface area contributed by atoms with Crippen molar-refractivity contribution in [3.63, 3.8) is 0 Å². The monoisotopic (exact) mass is 1610 g/mol. The number of anilines is 3. The molecule has 0 unspecified atom stereocenters. The highest BCUT2D eigenvalue weighted by molar-refractivity contribution is 9.11. The van der Waals surface area contributed by atoms with Gasteiger partial charge in [0, 0.05) is 82.5 Å². The third-order valence-electron chi connectivity index (χ3n) is 20.9. The summed E-state index contributed by atoms with van der Waals surface area (Å²) in [6.07, 6.45) is 9.17. The van der Waals surface area contributed by atoms with Gasteiger partial charge in [-0.15, -0.1) is 34.0 Å². The fraction of sp³-hybridized carbons (Fsp3) is 0.291. The number of halogens is 1. The van der Waals surface area contributed by atoms with E-state index in [-0.39, 0.29) is 47.9 Å². The van der Waals surface area contributed by atoms with Gasteiger partial charge in [0.05, 0.1) is 94.3 Å². The molecule has 5 amide bonds. The zero-order valence-corrected chi connectivity index (χ0v) is 69.0. The lowest BCUT2D eigenvalue weighted by atomic mass is 9.78. The summed E-state index contributed by atoms with van der Waals surface area (Å²) in [5.41, 5.74) is 17.4. The van der Waals surface area contributed by atoms with Crippen molar-refractivity contribution >= 4 is 127 Å². The van der Waals surface area contributed by atoms with Crippen LogP contribution in [-0.4, -0.2) is 148 Å². The van der Waals surface area contributed by atoms with Crippen LogP contribution in [0.3, 0.4) is 0 Å². The van der Waals surface area contributed by atoms with Crippen molar-refractivity contribution in [3.8, 4) is 52.5 Å². The van der Waals surface area contributed by atoms with E-state index in [2.05, 4.69) is 150 Å². The Bertz CT molecular complexity index is 5180. The maximum atomic E-state index is 13.0. The van der Waals surface area contributed by atoms with Gasteiger partial charge in [-0.3, -0.25) is 28.8 Å². The number of rotatable bonds is 20. The number of likely N-dealkylation sites (N-methyl/N-ethyl adjacent to an activating group) is 2. The summed E-state index contributed by atoms with van der Waals surface area (Å²) >= 11 is 8.27. The number of aldehydes is 1. The van der Waals surface area contributed by atoms with E-state index in [0.29, 0.717) is 48.3 Å². The molecule has 5 aromatic heterocycles. The van der Waals surface area contributed by atoms with Crippen LogP contribution in [0.25, 0.3) is 64.1 Å². The Morgan fingerprint density at radius 1 is 0.577 bits per heavy atom. The van der Waals surface area contributed by atoms with Crippen molar-refractivity contribution in [2.24, 2.45) is 0 Å². The summed E-state index contributed by atoms with van der Waals surface area (Å²) in [6.45, 7) is 31.0. The van der Waals surface area contributed by atoms with Crippen molar-refractivity contribution in [1.82, 2.24) is 40.5 Å². The third-order valence-corrected chi connectivity index (χ3v) is 24.6. The number of amides is 5. The summed E-state index contributed by atoms with van der Waals surface area (Å²) in [5, 5.41) is 16.5. The van der Waals surface area contributed by atoms with Crippen molar-refractivity contribution in [3.05, 3.63) is 230 Å². The number of nitrogens with one attached hydrogen (secondary N) is 7. The summed E-state index contributed by atoms with van der Waals surface area (Å²) in [4.78, 5) is 97.1.